The first-order valence-corrected chi connectivity index (χ1v) is 7.97. The highest BCUT2D eigenvalue weighted by Crippen LogP contribution is 2.31. The number of hydrogen-bond acceptors (Lipinski definition) is 2. The molecule has 0 bridgehead atoms. The fourth-order valence-electron chi connectivity index (χ4n) is 3.25. The van der Waals surface area contributed by atoms with Gasteiger partial charge in [0.2, 0.25) is 0 Å². The molecule has 2 aromatic rings. The van der Waals surface area contributed by atoms with Gasteiger partial charge in [0.15, 0.2) is 0 Å². The predicted molar refractivity (Wildman–Crippen MR) is 85.3 cm³/mol. The van der Waals surface area contributed by atoms with Crippen molar-refractivity contribution in [2.45, 2.75) is 46.0 Å². The predicted octanol–water partition coefficient (Wildman–Crippen LogP) is 3.96. The lowest BCUT2D eigenvalue weighted by Crippen LogP contribution is -2.14. The molecule has 1 aliphatic rings. The van der Waals surface area contributed by atoms with Gasteiger partial charge in [0.05, 0.1) is 18.5 Å². The van der Waals surface area contributed by atoms with E-state index in [1.54, 1.807) is 7.11 Å². The lowest BCUT2D eigenvalue weighted by atomic mass is 9.87. The number of rotatable bonds is 4. The maximum Gasteiger partial charge on any atom is 0.121 e. The van der Waals surface area contributed by atoms with Gasteiger partial charge in [0, 0.05) is 11.8 Å². The van der Waals surface area contributed by atoms with E-state index >= 15 is 0 Å². The van der Waals surface area contributed by atoms with Crippen molar-refractivity contribution in [2.24, 2.45) is 5.92 Å². The number of hydrogen-bond donors (Lipinski definition) is 0. The Morgan fingerprint density at radius 1 is 1.38 bits per heavy atom. The van der Waals surface area contributed by atoms with Crippen LogP contribution in [0.5, 0.6) is 5.75 Å². The summed E-state index contributed by atoms with van der Waals surface area (Å²) in [6.45, 7) is 4.56. The Hall–Kier alpha value is -1.77. The molecule has 1 atom stereocenters. The van der Waals surface area contributed by atoms with E-state index in [0.29, 0.717) is 0 Å². The second kappa shape index (κ2) is 5.92. The van der Waals surface area contributed by atoms with Gasteiger partial charge in [0.25, 0.3) is 0 Å². The standard InChI is InChI=1S/C18H24N2O/c1-4-6-17-16-10-9-13(2)11-18(16)20(19-17)14-7-5-8-15(12-14)21-3/h5,7-8,12-13H,4,6,9-11H2,1-3H3. The van der Waals surface area contributed by atoms with E-state index < -0.39 is 0 Å². The monoisotopic (exact) mass is 284 g/mol. The molecule has 21 heavy (non-hydrogen) atoms. The second-order valence-electron chi connectivity index (χ2n) is 6.08. The minimum absolute atomic E-state index is 0.744. The summed E-state index contributed by atoms with van der Waals surface area (Å²) in [5.41, 5.74) is 5.31. The minimum atomic E-state index is 0.744. The van der Waals surface area contributed by atoms with Crippen LogP contribution in [0, 0.1) is 5.92 Å². The Balaban J connectivity index is 2.08. The lowest BCUT2D eigenvalue weighted by Gasteiger charge is -2.20. The van der Waals surface area contributed by atoms with Gasteiger partial charge in [-0.05, 0) is 49.3 Å². The van der Waals surface area contributed by atoms with E-state index in [2.05, 4.69) is 30.7 Å². The number of aryl methyl sites for hydroxylation is 1. The number of fused-ring (bicyclic) bond motifs is 1. The smallest absolute Gasteiger partial charge is 0.121 e. The fraction of sp³-hybridized carbons (Fsp3) is 0.500. The first kappa shape index (κ1) is 14.2. The van der Waals surface area contributed by atoms with Crippen LogP contribution in [0.4, 0.5) is 0 Å². The van der Waals surface area contributed by atoms with E-state index in [0.717, 1.165) is 36.6 Å². The van der Waals surface area contributed by atoms with E-state index in [9.17, 15) is 0 Å². The van der Waals surface area contributed by atoms with Crippen molar-refractivity contribution in [2.75, 3.05) is 7.11 Å². The van der Waals surface area contributed by atoms with Crippen LogP contribution in [0.15, 0.2) is 24.3 Å². The number of aromatic nitrogens is 2. The molecule has 0 saturated carbocycles. The third-order valence-corrected chi connectivity index (χ3v) is 4.39. The summed E-state index contributed by atoms with van der Waals surface area (Å²) in [7, 11) is 1.71. The Morgan fingerprint density at radius 3 is 3.00 bits per heavy atom. The molecule has 3 heteroatoms. The van der Waals surface area contributed by atoms with E-state index in [-0.39, 0.29) is 0 Å². The van der Waals surface area contributed by atoms with Gasteiger partial charge in [-0.15, -0.1) is 0 Å². The first-order chi connectivity index (χ1) is 10.2. The van der Waals surface area contributed by atoms with Crippen LogP contribution in [0.25, 0.3) is 5.69 Å². The van der Waals surface area contributed by atoms with Crippen LogP contribution < -0.4 is 4.74 Å². The highest BCUT2D eigenvalue weighted by atomic mass is 16.5. The molecule has 0 radical (unpaired) electrons. The summed E-state index contributed by atoms with van der Waals surface area (Å²) in [6, 6.07) is 8.20. The summed E-state index contributed by atoms with van der Waals surface area (Å²) in [5, 5.41) is 4.92. The second-order valence-corrected chi connectivity index (χ2v) is 6.08. The highest BCUT2D eigenvalue weighted by Gasteiger charge is 2.24. The van der Waals surface area contributed by atoms with Gasteiger partial charge in [-0.25, -0.2) is 4.68 Å². The van der Waals surface area contributed by atoms with Crippen LogP contribution in [-0.4, -0.2) is 16.9 Å². The van der Waals surface area contributed by atoms with Gasteiger partial charge < -0.3 is 4.74 Å². The van der Waals surface area contributed by atoms with Crippen molar-refractivity contribution in [1.29, 1.82) is 0 Å². The summed E-state index contributed by atoms with van der Waals surface area (Å²) < 4.78 is 7.51. The van der Waals surface area contributed by atoms with Gasteiger partial charge in [-0.2, -0.15) is 5.10 Å². The number of ether oxygens (including phenoxy) is 1. The van der Waals surface area contributed by atoms with Crippen molar-refractivity contribution in [1.82, 2.24) is 9.78 Å². The molecular weight excluding hydrogens is 260 g/mol. The summed E-state index contributed by atoms with van der Waals surface area (Å²) >= 11 is 0. The summed E-state index contributed by atoms with van der Waals surface area (Å²) in [6.07, 6.45) is 5.82. The van der Waals surface area contributed by atoms with Crippen molar-refractivity contribution in [3.63, 3.8) is 0 Å². The molecule has 0 saturated heterocycles. The van der Waals surface area contributed by atoms with Gasteiger partial charge in [0.1, 0.15) is 5.75 Å². The fourth-order valence-corrected chi connectivity index (χ4v) is 3.25. The van der Waals surface area contributed by atoms with Crippen molar-refractivity contribution < 1.29 is 4.74 Å². The molecule has 1 heterocycles. The zero-order chi connectivity index (χ0) is 14.8. The molecule has 1 aromatic heterocycles. The number of benzene rings is 1. The summed E-state index contributed by atoms with van der Waals surface area (Å²) in [5.74, 6) is 1.63. The van der Waals surface area contributed by atoms with E-state index in [1.807, 2.05) is 12.1 Å². The van der Waals surface area contributed by atoms with E-state index in [4.69, 9.17) is 9.84 Å². The molecule has 0 fully saturated rings. The van der Waals surface area contributed by atoms with Crippen LogP contribution >= 0.6 is 0 Å². The topological polar surface area (TPSA) is 27.1 Å². The largest absolute Gasteiger partial charge is 0.497 e. The van der Waals surface area contributed by atoms with Crippen molar-refractivity contribution in [3.8, 4) is 11.4 Å². The molecule has 0 spiro atoms. The molecule has 0 amide bonds. The molecular formula is C18H24N2O. The Morgan fingerprint density at radius 2 is 2.24 bits per heavy atom. The molecule has 112 valence electrons. The third kappa shape index (κ3) is 2.69. The average molecular weight is 284 g/mol. The lowest BCUT2D eigenvalue weighted by molar-refractivity contribution is 0.414. The van der Waals surface area contributed by atoms with Gasteiger partial charge in [-0.1, -0.05) is 26.3 Å². The average Bonchev–Trinajstić information content (AvgIpc) is 2.86. The Labute approximate surface area is 126 Å². The number of nitrogens with zero attached hydrogens (tertiary/aromatic N) is 2. The van der Waals surface area contributed by atoms with Gasteiger partial charge in [-0.3, -0.25) is 0 Å². The number of methoxy groups -OCH3 is 1. The van der Waals surface area contributed by atoms with Crippen LogP contribution in [0.3, 0.4) is 0 Å². The Bertz CT molecular complexity index is 630. The molecule has 3 rings (SSSR count). The zero-order valence-corrected chi connectivity index (χ0v) is 13.2. The van der Waals surface area contributed by atoms with Crippen LogP contribution in [0.2, 0.25) is 0 Å². The third-order valence-electron chi connectivity index (χ3n) is 4.39. The van der Waals surface area contributed by atoms with Crippen molar-refractivity contribution >= 4 is 0 Å². The quantitative estimate of drug-likeness (QED) is 0.849. The minimum Gasteiger partial charge on any atom is -0.497 e. The van der Waals surface area contributed by atoms with Crippen LogP contribution in [-0.2, 0) is 19.3 Å². The van der Waals surface area contributed by atoms with E-state index in [1.165, 1.54) is 29.8 Å². The molecule has 3 nitrogen and oxygen atoms in total. The maximum absolute atomic E-state index is 5.35. The molecule has 1 unspecified atom stereocenters. The van der Waals surface area contributed by atoms with Crippen molar-refractivity contribution in [3.05, 3.63) is 41.2 Å². The van der Waals surface area contributed by atoms with Gasteiger partial charge >= 0.3 is 0 Å². The van der Waals surface area contributed by atoms with Crippen LogP contribution in [0.1, 0.15) is 43.6 Å². The molecule has 1 aromatic carbocycles. The molecule has 0 aliphatic heterocycles. The first-order valence-electron chi connectivity index (χ1n) is 7.97. The molecule has 1 aliphatic carbocycles. The normalized spacial score (nSPS) is 17.6. The zero-order valence-electron chi connectivity index (χ0n) is 13.2. The maximum atomic E-state index is 5.35. The SMILES string of the molecule is CCCc1nn(-c2cccc(OC)c2)c2c1CCC(C)C2. The molecule has 0 N–H and O–H groups in total. The summed E-state index contributed by atoms with van der Waals surface area (Å²) in [4.78, 5) is 0. The Kier molecular flexibility index (Phi) is 4.00. The highest BCUT2D eigenvalue weighted by molar-refractivity contribution is 5.43.